The number of carboxylic acid groups (broad SMARTS) is 1. The molecule has 0 fully saturated rings. The van der Waals surface area contributed by atoms with Crippen LogP contribution in [-0.4, -0.2) is 16.9 Å². The molecule has 0 aliphatic heterocycles. The van der Waals surface area contributed by atoms with Gasteiger partial charge in [-0.25, -0.2) is 4.79 Å². The monoisotopic (exact) mass is 337 g/mol. The summed E-state index contributed by atoms with van der Waals surface area (Å²) in [5.41, 5.74) is 1.17. The average Bonchev–Trinajstić information content (AvgIpc) is 2.96. The maximum atomic E-state index is 13.0. The van der Waals surface area contributed by atoms with E-state index in [4.69, 9.17) is 4.42 Å². The van der Waals surface area contributed by atoms with Crippen LogP contribution in [0, 0.1) is 0 Å². The number of carbonyl (C=O) groups is 2. The predicted molar refractivity (Wildman–Crippen MR) is 91.1 cm³/mol. The highest BCUT2D eigenvalue weighted by Crippen LogP contribution is 2.30. The zero-order valence-corrected chi connectivity index (χ0v) is 13.7. The van der Waals surface area contributed by atoms with Crippen LogP contribution >= 0.6 is 0 Å². The first-order valence-electron chi connectivity index (χ1n) is 8.11. The molecule has 0 saturated carbocycles. The van der Waals surface area contributed by atoms with Gasteiger partial charge in [-0.3, -0.25) is 4.79 Å². The predicted octanol–water partition coefficient (Wildman–Crippen LogP) is 3.78. The van der Waals surface area contributed by atoms with Crippen molar-refractivity contribution in [2.75, 3.05) is 0 Å². The first-order valence-corrected chi connectivity index (χ1v) is 8.11. The summed E-state index contributed by atoms with van der Waals surface area (Å²) in [4.78, 5) is 24.3. The van der Waals surface area contributed by atoms with E-state index >= 15 is 0 Å². The number of hydrogen-bond donors (Lipinski definition) is 1. The summed E-state index contributed by atoms with van der Waals surface area (Å²) in [6.45, 7) is 2.04. The van der Waals surface area contributed by atoms with Crippen molar-refractivity contribution in [3.63, 3.8) is 0 Å². The van der Waals surface area contributed by atoms with Gasteiger partial charge in [0.2, 0.25) is 0 Å². The Morgan fingerprint density at radius 1 is 1.12 bits per heavy atom. The summed E-state index contributed by atoms with van der Waals surface area (Å²) in [5.74, 6) is -1.12. The third kappa shape index (κ3) is 3.26. The number of ketones is 1. The van der Waals surface area contributed by atoms with Crippen molar-refractivity contribution in [2.45, 2.75) is 26.2 Å². The summed E-state index contributed by atoms with van der Waals surface area (Å²) in [6, 6.07) is 10.2. The molecule has 0 spiro atoms. The van der Waals surface area contributed by atoms with Crippen LogP contribution in [0.15, 0.2) is 46.9 Å². The first kappa shape index (κ1) is 16.8. The molecule has 0 aliphatic carbocycles. The number of rotatable bonds is 6. The maximum Gasteiger partial charge on any atom is 0.335 e. The fourth-order valence-electron chi connectivity index (χ4n) is 2.83. The Labute approximate surface area is 144 Å². The van der Waals surface area contributed by atoms with E-state index in [1.165, 1.54) is 30.3 Å². The third-order valence-electron chi connectivity index (χ3n) is 4.09. The lowest BCUT2D eigenvalue weighted by Crippen LogP contribution is -2.05. The van der Waals surface area contributed by atoms with Crippen molar-refractivity contribution >= 4 is 22.7 Å². The summed E-state index contributed by atoms with van der Waals surface area (Å²) in [5, 5.41) is 21.3. The number of carbonyl (C=O) groups excluding carboxylic acids is 1. The van der Waals surface area contributed by atoms with E-state index in [9.17, 15) is 19.8 Å². The van der Waals surface area contributed by atoms with Gasteiger partial charge < -0.3 is 14.6 Å². The highest BCUT2D eigenvalue weighted by molar-refractivity contribution is 6.17. The van der Waals surface area contributed by atoms with Crippen LogP contribution in [0.1, 0.15) is 51.8 Å². The number of carboxylic acids is 1. The number of furan rings is 1. The SMILES string of the molecule is CCCCc1oc2ccc(C(=O)O)cc2c1C(=O)c1cccc([O-])c1. The second kappa shape index (κ2) is 6.81. The molecule has 3 rings (SSSR count). The fourth-order valence-corrected chi connectivity index (χ4v) is 2.83. The molecule has 0 atom stereocenters. The largest absolute Gasteiger partial charge is 0.872 e. The van der Waals surface area contributed by atoms with Crippen molar-refractivity contribution < 1.29 is 24.2 Å². The van der Waals surface area contributed by atoms with Crippen molar-refractivity contribution in [2.24, 2.45) is 0 Å². The minimum atomic E-state index is -1.07. The lowest BCUT2D eigenvalue weighted by atomic mass is 9.97. The van der Waals surface area contributed by atoms with Crippen molar-refractivity contribution in [3.05, 3.63) is 64.9 Å². The minimum absolute atomic E-state index is 0.0852. The van der Waals surface area contributed by atoms with Gasteiger partial charge in [-0.1, -0.05) is 37.6 Å². The standard InChI is InChI=1S/C20H18O5/c1-2-3-7-17-18(19(22)12-5-4-6-14(21)10-12)15-11-13(20(23)24)8-9-16(15)25-17/h4-6,8-11,21H,2-3,7H2,1H3,(H,23,24)/p-1. The number of aryl methyl sites for hydroxylation is 1. The molecule has 2 aromatic carbocycles. The molecule has 0 radical (unpaired) electrons. The van der Waals surface area contributed by atoms with E-state index in [0.29, 0.717) is 28.7 Å². The van der Waals surface area contributed by atoms with Gasteiger partial charge in [0.05, 0.1) is 11.1 Å². The van der Waals surface area contributed by atoms with Crippen LogP contribution in [-0.2, 0) is 6.42 Å². The van der Waals surface area contributed by atoms with E-state index in [0.717, 1.165) is 12.8 Å². The van der Waals surface area contributed by atoms with E-state index < -0.39 is 5.97 Å². The average molecular weight is 337 g/mol. The van der Waals surface area contributed by atoms with Gasteiger partial charge in [-0.2, -0.15) is 0 Å². The Hall–Kier alpha value is -3.08. The quantitative estimate of drug-likeness (QED) is 0.691. The van der Waals surface area contributed by atoms with Crippen LogP contribution in [0.3, 0.4) is 0 Å². The second-order valence-corrected chi connectivity index (χ2v) is 5.88. The van der Waals surface area contributed by atoms with Gasteiger partial charge in [0, 0.05) is 17.4 Å². The highest BCUT2D eigenvalue weighted by atomic mass is 16.4. The molecular formula is C20H17O5-. The maximum absolute atomic E-state index is 13.0. The van der Waals surface area contributed by atoms with E-state index in [1.54, 1.807) is 12.1 Å². The Morgan fingerprint density at radius 3 is 2.60 bits per heavy atom. The van der Waals surface area contributed by atoms with E-state index in [2.05, 4.69) is 0 Å². The molecule has 0 bridgehead atoms. The molecule has 0 saturated heterocycles. The van der Waals surface area contributed by atoms with Gasteiger partial charge >= 0.3 is 5.97 Å². The van der Waals surface area contributed by atoms with Gasteiger partial charge in [0.15, 0.2) is 5.78 Å². The molecular weight excluding hydrogens is 320 g/mol. The molecule has 0 aliphatic rings. The molecule has 5 heteroatoms. The van der Waals surface area contributed by atoms with E-state index in [-0.39, 0.29) is 22.7 Å². The lowest BCUT2D eigenvalue weighted by molar-refractivity contribution is -0.268. The molecule has 1 aromatic heterocycles. The van der Waals surface area contributed by atoms with Crippen LogP contribution in [0.5, 0.6) is 5.75 Å². The number of fused-ring (bicyclic) bond motifs is 1. The Balaban J connectivity index is 2.19. The summed E-state index contributed by atoms with van der Waals surface area (Å²) in [7, 11) is 0. The number of aromatic carboxylic acids is 1. The van der Waals surface area contributed by atoms with E-state index in [1.807, 2.05) is 6.92 Å². The molecule has 1 heterocycles. The lowest BCUT2D eigenvalue weighted by Gasteiger charge is -2.08. The number of unbranched alkanes of at least 4 members (excludes halogenated alkanes) is 1. The molecule has 1 N–H and O–H groups in total. The van der Waals surface area contributed by atoms with Crippen molar-refractivity contribution in [3.8, 4) is 5.75 Å². The second-order valence-electron chi connectivity index (χ2n) is 5.88. The fraction of sp³-hybridized carbons (Fsp3) is 0.200. The Kier molecular flexibility index (Phi) is 4.57. The first-order chi connectivity index (χ1) is 12.0. The highest BCUT2D eigenvalue weighted by Gasteiger charge is 2.22. The number of hydrogen-bond acceptors (Lipinski definition) is 4. The van der Waals surface area contributed by atoms with Crippen LogP contribution in [0.25, 0.3) is 11.0 Å². The molecule has 3 aromatic rings. The smallest absolute Gasteiger partial charge is 0.335 e. The molecule has 128 valence electrons. The van der Waals surface area contributed by atoms with Crippen molar-refractivity contribution in [1.82, 2.24) is 0 Å². The van der Waals surface area contributed by atoms with Crippen molar-refractivity contribution in [1.29, 1.82) is 0 Å². The zero-order valence-electron chi connectivity index (χ0n) is 13.7. The van der Waals surface area contributed by atoms with Gasteiger partial charge in [0.25, 0.3) is 0 Å². The molecule has 25 heavy (non-hydrogen) atoms. The summed E-state index contributed by atoms with van der Waals surface area (Å²) in [6.07, 6.45) is 2.35. The summed E-state index contributed by atoms with van der Waals surface area (Å²) < 4.78 is 5.82. The number of benzene rings is 2. The molecule has 5 nitrogen and oxygen atoms in total. The van der Waals surface area contributed by atoms with Crippen LogP contribution in [0.2, 0.25) is 0 Å². The zero-order chi connectivity index (χ0) is 18.0. The third-order valence-corrected chi connectivity index (χ3v) is 4.09. The minimum Gasteiger partial charge on any atom is -0.872 e. The van der Waals surface area contributed by atoms with Gasteiger partial charge in [0.1, 0.15) is 11.3 Å². The van der Waals surface area contributed by atoms with Gasteiger partial charge in [-0.05, 0) is 24.6 Å². The van der Waals surface area contributed by atoms with Crippen LogP contribution in [0.4, 0.5) is 0 Å². The Morgan fingerprint density at radius 2 is 1.92 bits per heavy atom. The van der Waals surface area contributed by atoms with Gasteiger partial charge in [-0.15, -0.1) is 5.75 Å². The molecule has 0 unspecified atom stereocenters. The van der Waals surface area contributed by atoms with Crippen LogP contribution < -0.4 is 5.11 Å². The topological polar surface area (TPSA) is 90.6 Å². The normalized spacial score (nSPS) is 10.9. The Bertz CT molecular complexity index is 952. The molecule has 0 amide bonds. The summed E-state index contributed by atoms with van der Waals surface area (Å²) >= 11 is 0.